The van der Waals surface area contributed by atoms with Crippen LogP contribution in [0.4, 0.5) is 11.6 Å². The molecule has 0 radical (unpaired) electrons. The summed E-state index contributed by atoms with van der Waals surface area (Å²) in [5.41, 5.74) is 2.23. The van der Waals surface area contributed by atoms with Gasteiger partial charge in [0.15, 0.2) is 0 Å². The van der Waals surface area contributed by atoms with Gasteiger partial charge in [0.1, 0.15) is 0 Å². The van der Waals surface area contributed by atoms with E-state index in [2.05, 4.69) is 31.8 Å². The first-order chi connectivity index (χ1) is 15.9. The molecule has 1 aliphatic rings. The zero-order valence-corrected chi connectivity index (χ0v) is 19.3. The molecule has 1 aromatic heterocycles. The number of sulfonamides is 1. The molecular weight excluding hydrogens is 438 g/mol. The number of rotatable bonds is 7. The second-order valence-corrected chi connectivity index (χ2v) is 10.0. The number of nitrogens with one attached hydrogen (secondary N) is 2. The van der Waals surface area contributed by atoms with Crippen molar-refractivity contribution in [1.29, 1.82) is 0 Å². The fraction of sp³-hybridized carbons (Fsp3) is 0.292. The molecule has 2 heterocycles. The van der Waals surface area contributed by atoms with E-state index in [1.54, 1.807) is 18.2 Å². The summed E-state index contributed by atoms with van der Waals surface area (Å²) in [4.78, 5) is 22.8. The molecule has 3 aromatic rings. The van der Waals surface area contributed by atoms with Crippen LogP contribution in [0.3, 0.4) is 0 Å². The Morgan fingerprint density at radius 2 is 1.76 bits per heavy atom. The lowest BCUT2D eigenvalue weighted by molar-refractivity contribution is 0.102. The Bertz CT molecular complexity index is 1180. The summed E-state index contributed by atoms with van der Waals surface area (Å²) in [7, 11) is -3.82. The number of hydrogen-bond acceptors (Lipinski definition) is 6. The van der Waals surface area contributed by atoms with Gasteiger partial charge in [0.05, 0.1) is 4.90 Å². The van der Waals surface area contributed by atoms with Crippen molar-refractivity contribution in [1.82, 2.24) is 14.9 Å². The number of piperidine rings is 1. The van der Waals surface area contributed by atoms with Gasteiger partial charge in [-0.1, -0.05) is 19.1 Å². The molecule has 172 valence electrons. The molecule has 33 heavy (non-hydrogen) atoms. The van der Waals surface area contributed by atoms with Gasteiger partial charge in [0, 0.05) is 36.7 Å². The zero-order valence-electron chi connectivity index (χ0n) is 18.4. The average Bonchev–Trinajstić information content (AvgIpc) is 2.80. The normalized spacial score (nSPS) is 16.8. The SMILES string of the molecule is C[C@@H]1CCCN(Cc2ccc(C(=O)Nc3ccc(S(=O)(=O)Nc4ncccn4)cc3)cc2)C1. The molecule has 1 saturated heterocycles. The first kappa shape index (κ1) is 22.9. The van der Waals surface area contributed by atoms with Crippen molar-refractivity contribution in [3.05, 3.63) is 78.1 Å². The predicted octanol–water partition coefficient (Wildman–Crippen LogP) is 3.76. The molecule has 1 fully saturated rings. The minimum absolute atomic E-state index is 0.00637. The van der Waals surface area contributed by atoms with E-state index in [1.807, 2.05) is 24.3 Å². The molecule has 1 aliphatic heterocycles. The summed E-state index contributed by atoms with van der Waals surface area (Å²) in [6.07, 6.45) is 5.42. The maximum Gasteiger partial charge on any atom is 0.264 e. The van der Waals surface area contributed by atoms with Crippen molar-refractivity contribution < 1.29 is 13.2 Å². The highest BCUT2D eigenvalue weighted by Gasteiger charge is 2.17. The topological polar surface area (TPSA) is 104 Å². The zero-order chi connectivity index (χ0) is 23.3. The first-order valence-electron chi connectivity index (χ1n) is 10.9. The van der Waals surface area contributed by atoms with Gasteiger partial charge in [-0.05, 0) is 73.3 Å². The van der Waals surface area contributed by atoms with E-state index in [1.165, 1.54) is 42.9 Å². The van der Waals surface area contributed by atoms with Gasteiger partial charge < -0.3 is 5.32 Å². The fourth-order valence-electron chi connectivity index (χ4n) is 3.90. The number of hydrogen-bond donors (Lipinski definition) is 2. The third-order valence-corrected chi connectivity index (χ3v) is 6.92. The van der Waals surface area contributed by atoms with Crippen molar-refractivity contribution in [2.75, 3.05) is 23.1 Å². The Morgan fingerprint density at radius 3 is 2.42 bits per heavy atom. The monoisotopic (exact) mass is 465 g/mol. The first-order valence-corrected chi connectivity index (χ1v) is 12.4. The molecule has 2 aromatic carbocycles. The Morgan fingerprint density at radius 1 is 1.06 bits per heavy atom. The van der Waals surface area contributed by atoms with Crippen LogP contribution >= 0.6 is 0 Å². The molecule has 0 saturated carbocycles. The van der Waals surface area contributed by atoms with E-state index in [9.17, 15) is 13.2 Å². The van der Waals surface area contributed by atoms with Crippen LogP contribution in [0.15, 0.2) is 71.9 Å². The summed E-state index contributed by atoms with van der Waals surface area (Å²) >= 11 is 0. The number of aromatic nitrogens is 2. The highest BCUT2D eigenvalue weighted by molar-refractivity contribution is 7.92. The largest absolute Gasteiger partial charge is 0.322 e. The van der Waals surface area contributed by atoms with Crippen molar-refractivity contribution in [3.8, 4) is 0 Å². The van der Waals surface area contributed by atoms with E-state index in [4.69, 9.17) is 0 Å². The summed E-state index contributed by atoms with van der Waals surface area (Å²) < 4.78 is 27.3. The molecule has 9 heteroatoms. The minimum atomic E-state index is -3.82. The van der Waals surface area contributed by atoms with E-state index in [0.717, 1.165) is 25.6 Å². The lowest BCUT2D eigenvalue weighted by Gasteiger charge is -2.30. The maximum atomic E-state index is 12.6. The van der Waals surface area contributed by atoms with Gasteiger partial charge in [-0.3, -0.25) is 9.69 Å². The number of nitrogens with zero attached hydrogens (tertiary/aromatic N) is 3. The van der Waals surface area contributed by atoms with Gasteiger partial charge in [-0.15, -0.1) is 0 Å². The molecule has 0 bridgehead atoms. The lowest BCUT2D eigenvalue weighted by atomic mass is 9.99. The van der Waals surface area contributed by atoms with Crippen molar-refractivity contribution in [3.63, 3.8) is 0 Å². The van der Waals surface area contributed by atoms with E-state index < -0.39 is 10.0 Å². The number of amides is 1. The minimum Gasteiger partial charge on any atom is -0.322 e. The second-order valence-electron chi connectivity index (χ2n) is 8.34. The van der Waals surface area contributed by atoms with Crippen molar-refractivity contribution >= 4 is 27.6 Å². The van der Waals surface area contributed by atoms with Crippen molar-refractivity contribution in [2.24, 2.45) is 5.92 Å². The molecule has 4 rings (SSSR count). The van der Waals surface area contributed by atoms with Crippen LogP contribution in [0.2, 0.25) is 0 Å². The molecule has 0 unspecified atom stereocenters. The highest BCUT2D eigenvalue weighted by atomic mass is 32.2. The molecule has 1 amide bonds. The van der Waals surface area contributed by atoms with Crippen LogP contribution in [0, 0.1) is 5.92 Å². The average molecular weight is 466 g/mol. The molecule has 0 spiro atoms. The van der Waals surface area contributed by atoms with Crippen LogP contribution in [0.1, 0.15) is 35.7 Å². The molecule has 1 atom stereocenters. The molecule has 0 aliphatic carbocycles. The van der Waals surface area contributed by atoms with Gasteiger partial charge in [-0.2, -0.15) is 0 Å². The summed E-state index contributed by atoms with van der Waals surface area (Å²) in [5, 5.41) is 2.80. The van der Waals surface area contributed by atoms with Gasteiger partial charge in [0.2, 0.25) is 5.95 Å². The second kappa shape index (κ2) is 10.1. The number of carbonyl (C=O) groups is 1. The summed E-state index contributed by atoms with van der Waals surface area (Å²) in [6.45, 7) is 5.41. The van der Waals surface area contributed by atoms with E-state index >= 15 is 0 Å². The smallest absolute Gasteiger partial charge is 0.264 e. The Balaban J connectivity index is 1.35. The van der Waals surface area contributed by atoms with Crippen LogP contribution in [0.5, 0.6) is 0 Å². The number of anilines is 2. The molecule has 8 nitrogen and oxygen atoms in total. The van der Waals surface area contributed by atoms with Crippen LogP contribution < -0.4 is 10.0 Å². The van der Waals surface area contributed by atoms with Gasteiger partial charge in [0.25, 0.3) is 15.9 Å². The predicted molar refractivity (Wildman–Crippen MR) is 127 cm³/mol. The highest BCUT2D eigenvalue weighted by Crippen LogP contribution is 2.19. The Labute approximate surface area is 194 Å². The quantitative estimate of drug-likeness (QED) is 0.551. The fourth-order valence-corrected chi connectivity index (χ4v) is 4.86. The number of carbonyl (C=O) groups excluding carboxylic acids is 1. The van der Waals surface area contributed by atoms with Crippen LogP contribution in [-0.2, 0) is 16.6 Å². The maximum absolute atomic E-state index is 12.6. The summed E-state index contributed by atoms with van der Waals surface area (Å²) in [5.74, 6) is 0.473. The summed E-state index contributed by atoms with van der Waals surface area (Å²) in [6, 6.07) is 15.1. The molecular formula is C24H27N5O3S. The van der Waals surface area contributed by atoms with Crippen LogP contribution in [0.25, 0.3) is 0 Å². The Hall–Kier alpha value is -3.30. The number of likely N-dealkylation sites (tertiary alicyclic amines) is 1. The third kappa shape index (κ3) is 6.15. The van der Waals surface area contributed by atoms with Crippen molar-refractivity contribution in [2.45, 2.75) is 31.2 Å². The standard InChI is InChI=1S/C24H27N5O3S/c1-18-4-2-15-29(16-18)17-19-5-7-20(8-6-19)23(30)27-21-9-11-22(12-10-21)33(31,32)28-24-25-13-3-14-26-24/h3,5-14,18H,2,4,15-17H2,1H3,(H,27,30)(H,25,26,28)/t18-/m1/s1. The number of benzene rings is 2. The van der Waals surface area contributed by atoms with Gasteiger partial charge in [-0.25, -0.2) is 23.1 Å². The molecule has 2 N–H and O–H groups in total. The Kier molecular flexibility index (Phi) is 7.00. The lowest BCUT2D eigenvalue weighted by Crippen LogP contribution is -2.33. The van der Waals surface area contributed by atoms with E-state index in [-0.39, 0.29) is 16.8 Å². The van der Waals surface area contributed by atoms with Gasteiger partial charge >= 0.3 is 0 Å². The van der Waals surface area contributed by atoms with Crippen LogP contribution in [-0.4, -0.2) is 42.3 Å². The van der Waals surface area contributed by atoms with E-state index in [0.29, 0.717) is 11.3 Å². The third-order valence-electron chi connectivity index (χ3n) is 5.58.